The van der Waals surface area contributed by atoms with Crippen LogP contribution in [0, 0.1) is 12.1 Å². The van der Waals surface area contributed by atoms with Crippen LogP contribution in [0.3, 0.4) is 0 Å². The van der Waals surface area contributed by atoms with Gasteiger partial charge in [0.05, 0.1) is 16.9 Å². The topological polar surface area (TPSA) is 43.6 Å². The summed E-state index contributed by atoms with van der Waals surface area (Å²) < 4.78 is 14.8. The minimum absolute atomic E-state index is 0. The van der Waals surface area contributed by atoms with Crippen LogP contribution in [0.2, 0.25) is 17.3 Å². The van der Waals surface area contributed by atoms with E-state index in [1.807, 2.05) is 55.6 Å². The molecule has 1 radical (unpaired) electrons. The summed E-state index contributed by atoms with van der Waals surface area (Å²) in [4.78, 5) is 15.1. The summed E-state index contributed by atoms with van der Waals surface area (Å²) in [6.45, 7) is 10.8. The van der Waals surface area contributed by atoms with Gasteiger partial charge >= 0.3 is 120 Å². The van der Waals surface area contributed by atoms with Crippen LogP contribution in [0.5, 0.6) is 0 Å². The van der Waals surface area contributed by atoms with E-state index in [0.29, 0.717) is 0 Å². The van der Waals surface area contributed by atoms with Gasteiger partial charge in [0.25, 0.3) is 0 Å². The number of fused-ring (bicyclic) bond motifs is 8. The Hall–Kier alpha value is -5.24. The van der Waals surface area contributed by atoms with Crippen molar-refractivity contribution in [3.63, 3.8) is 0 Å². The molecular weight excluding hydrogens is 1060 g/mol. The van der Waals surface area contributed by atoms with Crippen molar-refractivity contribution in [1.82, 2.24) is 19.5 Å². The van der Waals surface area contributed by atoms with E-state index in [-0.39, 0.29) is 25.5 Å². The number of hydrogen-bond donors (Lipinski definition) is 0. The number of imidazole rings is 1. The Morgan fingerprint density at radius 3 is 2.27 bits per heavy atom. The Morgan fingerprint density at radius 2 is 1.52 bits per heavy atom. The maximum absolute atomic E-state index is 8.44. The van der Waals surface area contributed by atoms with Gasteiger partial charge in [-0.3, -0.25) is 9.97 Å². The Bertz CT molecular complexity index is 3430. The molecule has 66 heavy (non-hydrogen) atoms. The van der Waals surface area contributed by atoms with Crippen LogP contribution in [-0.2, 0) is 38.4 Å². The van der Waals surface area contributed by atoms with E-state index in [9.17, 15) is 0 Å². The van der Waals surface area contributed by atoms with E-state index in [2.05, 4.69) is 169 Å². The molecule has 0 amide bonds. The summed E-state index contributed by atoms with van der Waals surface area (Å²) >= 11 is -0.129. The molecule has 1 aliphatic rings. The van der Waals surface area contributed by atoms with Gasteiger partial charge in [-0.15, -0.1) is 18.2 Å². The van der Waals surface area contributed by atoms with E-state index >= 15 is 0 Å². The molecule has 4 nitrogen and oxygen atoms in total. The zero-order valence-electron chi connectivity index (χ0n) is 40.1. The number of aromatic nitrogens is 4. The van der Waals surface area contributed by atoms with Gasteiger partial charge in [-0.05, 0) is 81.5 Å². The molecule has 0 spiro atoms. The van der Waals surface area contributed by atoms with Crippen LogP contribution >= 0.6 is 11.3 Å². The van der Waals surface area contributed by atoms with Gasteiger partial charge in [0, 0.05) is 53.3 Å². The van der Waals surface area contributed by atoms with E-state index in [0.717, 1.165) is 63.2 Å². The molecule has 11 rings (SSSR count). The standard InChI is InChI=1S/C42H34N3S.C17H22GeN.Ir/c1-42(2,3)28-21-23-36(33(24-28)26-12-5-4-6-13-26)45-37-22-20-27-14-7-8-15-29(27)38(37)44-41(45)32-18-11-17-30-34-25-43-35-19-10-9-16-31(35)40(34)46-39(30)32;1-13(2)15-11-17(14-9-7-6-8-10-14)19-12-16(15)18(3,4)5;/h4-8,11-15,17,20-25H,9-10,16,19H2,1-3H3;6-9,11-13H,1-5H3;/q2*-1;/i;13D;. The average Bonchev–Trinajstić information content (AvgIpc) is 3.91. The zero-order chi connectivity index (χ0) is 46.0. The van der Waals surface area contributed by atoms with Crippen molar-refractivity contribution in [2.45, 2.75) is 88.9 Å². The van der Waals surface area contributed by atoms with Crippen molar-refractivity contribution < 1.29 is 21.5 Å². The minimum atomic E-state index is -2.03. The molecule has 4 aromatic heterocycles. The monoisotopic (exact) mass is 1120 g/mol. The smallest absolute Gasteiger partial charge is 0 e. The van der Waals surface area contributed by atoms with Crippen LogP contribution in [-0.4, -0.2) is 32.8 Å². The predicted molar refractivity (Wildman–Crippen MR) is 280 cm³/mol. The predicted octanol–water partition coefficient (Wildman–Crippen LogP) is 15.5. The van der Waals surface area contributed by atoms with Gasteiger partial charge in [0.15, 0.2) is 0 Å². The molecule has 0 aliphatic heterocycles. The van der Waals surface area contributed by atoms with Crippen LogP contribution in [0.4, 0.5) is 0 Å². The first-order valence-corrected chi connectivity index (χ1v) is 31.1. The summed E-state index contributed by atoms with van der Waals surface area (Å²) in [6, 6.07) is 52.0. The number of thiophene rings is 1. The number of benzene rings is 6. The van der Waals surface area contributed by atoms with Gasteiger partial charge in [-0.2, -0.15) is 11.3 Å². The minimum Gasteiger partial charge on any atom is 0 e. The van der Waals surface area contributed by atoms with Gasteiger partial charge in [0.1, 0.15) is 0 Å². The molecule has 10 aromatic rings. The van der Waals surface area contributed by atoms with E-state index in [1.165, 1.54) is 70.7 Å². The zero-order valence-corrected chi connectivity index (χ0v) is 44.4. The molecule has 0 saturated heterocycles. The van der Waals surface area contributed by atoms with Crippen molar-refractivity contribution in [3.8, 4) is 39.5 Å². The molecule has 0 unspecified atom stereocenters. The Morgan fingerprint density at radius 1 is 0.742 bits per heavy atom. The van der Waals surface area contributed by atoms with E-state index < -0.39 is 19.2 Å². The number of pyridine rings is 2. The molecule has 1 aliphatic carbocycles. The molecule has 0 atom stereocenters. The molecule has 4 heterocycles. The molecule has 0 N–H and O–H groups in total. The second-order valence-corrected chi connectivity index (χ2v) is 31.3. The van der Waals surface area contributed by atoms with E-state index in [1.54, 1.807) is 0 Å². The maximum atomic E-state index is 8.44. The number of aryl methyl sites for hydroxylation is 2. The first kappa shape index (κ1) is 44.6. The first-order valence-electron chi connectivity index (χ1n) is 23.5. The summed E-state index contributed by atoms with van der Waals surface area (Å²) in [5, 5.41) is 4.85. The summed E-state index contributed by atoms with van der Waals surface area (Å²) in [7, 11) is 0. The van der Waals surface area contributed by atoms with Gasteiger partial charge in [-0.25, -0.2) is 0 Å². The molecule has 333 valence electrons. The van der Waals surface area contributed by atoms with Crippen LogP contribution in [0.1, 0.15) is 77.1 Å². The second kappa shape index (κ2) is 18.4. The SMILES string of the molecule is CC(C)(C)c1ccc(-n2c(-c3[c-]ccc4c3sc3c5c(ncc34)CCCC5)nc3c4ccccc4ccc32)c(-c2ccccc2)c1.[2H]C(C)(C)c1cc(-c2[c-]cccc2)nc[c]1[Ge]([CH3])([CH3])[CH3].[Ir]. The van der Waals surface area contributed by atoms with Gasteiger partial charge < -0.3 is 4.57 Å². The van der Waals surface area contributed by atoms with Crippen molar-refractivity contribution in [3.05, 3.63) is 174 Å². The van der Waals surface area contributed by atoms with Gasteiger partial charge in [0.2, 0.25) is 0 Å². The van der Waals surface area contributed by atoms with Crippen molar-refractivity contribution >= 4 is 71.0 Å². The Balaban J connectivity index is 0.000000226. The fourth-order valence-electron chi connectivity index (χ4n) is 9.46. The average molecular weight is 1120 g/mol. The van der Waals surface area contributed by atoms with Gasteiger partial charge in [-0.1, -0.05) is 98.5 Å². The summed E-state index contributed by atoms with van der Waals surface area (Å²) in [6.07, 6.45) is 8.76. The summed E-state index contributed by atoms with van der Waals surface area (Å²) in [5.41, 5.74) is 13.7. The van der Waals surface area contributed by atoms with Crippen LogP contribution < -0.4 is 4.40 Å². The molecular formula is C59H56GeIrN4S-2. The van der Waals surface area contributed by atoms with Crippen molar-refractivity contribution in [2.24, 2.45) is 0 Å². The molecule has 0 fully saturated rings. The molecule has 0 saturated carbocycles. The Kier molecular flexibility index (Phi) is 12.5. The largest absolute Gasteiger partial charge is 0 e. The van der Waals surface area contributed by atoms with E-state index in [4.69, 9.17) is 11.3 Å². The summed E-state index contributed by atoms with van der Waals surface area (Å²) in [5.74, 6) is 7.37. The van der Waals surface area contributed by atoms with Crippen LogP contribution in [0.15, 0.2) is 140 Å². The number of hydrogen-bond acceptors (Lipinski definition) is 4. The molecule has 7 heteroatoms. The van der Waals surface area contributed by atoms with Crippen LogP contribution in [0.25, 0.3) is 81.4 Å². The second-order valence-electron chi connectivity index (χ2n) is 19.7. The third-order valence-corrected chi connectivity index (χ3v) is 18.5. The Labute approximate surface area is 411 Å². The fraction of sp³-hybridized carbons (Fsp3) is 0.237. The normalized spacial score (nSPS) is 13.3. The number of rotatable bonds is 6. The maximum Gasteiger partial charge on any atom is 0 e. The first-order chi connectivity index (χ1) is 31.6. The number of nitrogens with zero attached hydrogens (tertiary/aromatic N) is 4. The fourth-order valence-corrected chi connectivity index (χ4v) is 14.1. The quantitative estimate of drug-likeness (QED) is 0.123. The van der Waals surface area contributed by atoms with Crippen molar-refractivity contribution in [1.29, 1.82) is 0 Å². The molecule has 0 bridgehead atoms. The third kappa shape index (κ3) is 8.63. The van der Waals surface area contributed by atoms with Crippen molar-refractivity contribution in [2.75, 3.05) is 0 Å². The third-order valence-electron chi connectivity index (χ3n) is 12.9. The molecule has 6 aromatic carbocycles.